The lowest BCUT2D eigenvalue weighted by Gasteiger charge is -2.36. The van der Waals surface area contributed by atoms with Gasteiger partial charge in [-0.05, 0) is 42.5 Å². The summed E-state index contributed by atoms with van der Waals surface area (Å²) >= 11 is 0. The molecule has 25 heavy (non-hydrogen) atoms. The highest BCUT2D eigenvalue weighted by Gasteiger charge is 2.32. The van der Waals surface area contributed by atoms with Gasteiger partial charge in [0.15, 0.2) is 11.5 Å². The second kappa shape index (κ2) is 7.21. The maximum Gasteiger partial charge on any atom is 0.407 e. The van der Waals surface area contributed by atoms with E-state index in [0.717, 1.165) is 30.4 Å². The van der Waals surface area contributed by atoms with Crippen LogP contribution in [-0.4, -0.2) is 60.8 Å². The number of carbonyl (C=O) groups is 2. The molecule has 0 aromatic heterocycles. The Labute approximate surface area is 147 Å². The van der Waals surface area contributed by atoms with Gasteiger partial charge in [0.2, 0.25) is 5.91 Å². The highest BCUT2D eigenvalue weighted by atomic mass is 16.5. The van der Waals surface area contributed by atoms with Gasteiger partial charge < -0.3 is 24.4 Å². The molecule has 2 aliphatic heterocycles. The van der Waals surface area contributed by atoms with Crippen LogP contribution in [0.25, 0.3) is 0 Å². The Kier molecular flexibility index (Phi) is 5.01. The van der Waals surface area contributed by atoms with Crippen LogP contribution in [0.15, 0.2) is 12.1 Å². The Morgan fingerprint density at radius 2 is 1.76 bits per heavy atom. The number of amides is 2. The van der Waals surface area contributed by atoms with E-state index >= 15 is 0 Å². The molecule has 0 spiro atoms. The van der Waals surface area contributed by atoms with Gasteiger partial charge in [-0.1, -0.05) is 0 Å². The van der Waals surface area contributed by atoms with E-state index in [0.29, 0.717) is 37.7 Å². The molecule has 136 valence electrons. The van der Waals surface area contributed by atoms with Gasteiger partial charge >= 0.3 is 6.09 Å². The molecule has 0 saturated carbocycles. The average molecular weight is 348 g/mol. The predicted octanol–water partition coefficient (Wildman–Crippen LogP) is 1.98. The monoisotopic (exact) mass is 348 g/mol. The van der Waals surface area contributed by atoms with Crippen molar-refractivity contribution in [1.29, 1.82) is 0 Å². The van der Waals surface area contributed by atoms with Crippen molar-refractivity contribution in [2.24, 2.45) is 5.92 Å². The van der Waals surface area contributed by atoms with Gasteiger partial charge in [0, 0.05) is 26.2 Å². The number of ether oxygens (including phenoxy) is 2. The van der Waals surface area contributed by atoms with Crippen LogP contribution in [0.2, 0.25) is 0 Å². The van der Waals surface area contributed by atoms with Crippen LogP contribution in [0.1, 0.15) is 24.0 Å². The molecule has 0 radical (unpaired) electrons. The van der Waals surface area contributed by atoms with Gasteiger partial charge in [0.1, 0.15) is 0 Å². The first kappa shape index (κ1) is 17.4. The lowest BCUT2D eigenvalue weighted by Crippen LogP contribution is -2.47. The zero-order chi connectivity index (χ0) is 18.0. The quantitative estimate of drug-likeness (QED) is 0.903. The first-order valence-electron chi connectivity index (χ1n) is 8.54. The van der Waals surface area contributed by atoms with Crippen LogP contribution in [0.3, 0.4) is 0 Å². The second-order valence-corrected chi connectivity index (χ2v) is 6.55. The molecule has 2 amide bonds. The van der Waals surface area contributed by atoms with Crippen LogP contribution in [-0.2, 0) is 17.8 Å². The fourth-order valence-electron chi connectivity index (χ4n) is 3.68. The summed E-state index contributed by atoms with van der Waals surface area (Å²) in [6.07, 6.45) is 1.30. The molecule has 0 bridgehead atoms. The van der Waals surface area contributed by atoms with Crippen molar-refractivity contribution >= 4 is 12.0 Å². The minimum atomic E-state index is -0.946. The van der Waals surface area contributed by atoms with Crippen molar-refractivity contribution in [3.63, 3.8) is 0 Å². The van der Waals surface area contributed by atoms with Crippen molar-refractivity contribution in [2.75, 3.05) is 33.9 Å². The number of nitrogens with zero attached hydrogens (tertiary/aromatic N) is 2. The molecule has 1 aromatic rings. The number of hydrogen-bond donors (Lipinski definition) is 1. The van der Waals surface area contributed by atoms with E-state index < -0.39 is 6.09 Å². The highest BCUT2D eigenvalue weighted by molar-refractivity contribution is 5.80. The highest BCUT2D eigenvalue weighted by Crippen LogP contribution is 2.34. The summed E-state index contributed by atoms with van der Waals surface area (Å²) in [5, 5.41) is 9.16. The maximum absolute atomic E-state index is 12.9. The third kappa shape index (κ3) is 3.50. The van der Waals surface area contributed by atoms with Crippen molar-refractivity contribution in [3.8, 4) is 11.5 Å². The Morgan fingerprint density at radius 1 is 1.08 bits per heavy atom. The Balaban J connectivity index is 1.73. The minimum Gasteiger partial charge on any atom is -0.493 e. The zero-order valence-electron chi connectivity index (χ0n) is 14.7. The third-order valence-electron chi connectivity index (χ3n) is 5.07. The number of rotatable bonds is 3. The molecular weight excluding hydrogens is 324 g/mol. The van der Waals surface area contributed by atoms with Crippen LogP contribution >= 0.6 is 0 Å². The van der Waals surface area contributed by atoms with Crippen molar-refractivity contribution < 1.29 is 24.2 Å². The zero-order valence-corrected chi connectivity index (χ0v) is 14.7. The molecule has 2 heterocycles. The van der Waals surface area contributed by atoms with Crippen molar-refractivity contribution in [3.05, 3.63) is 23.3 Å². The molecule has 1 saturated heterocycles. The molecular formula is C18H24N2O5. The van der Waals surface area contributed by atoms with Gasteiger partial charge in [0.25, 0.3) is 0 Å². The fraction of sp³-hybridized carbons (Fsp3) is 0.556. The van der Waals surface area contributed by atoms with Gasteiger partial charge in [0.05, 0.1) is 20.1 Å². The smallest absolute Gasteiger partial charge is 0.407 e. The molecule has 1 fully saturated rings. The summed E-state index contributed by atoms with van der Waals surface area (Å²) in [4.78, 5) is 27.2. The Morgan fingerprint density at radius 3 is 2.40 bits per heavy atom. The normalized spacial score (nSPS) is 20.0. The molecule has 1 aromatic carbocycles. The van der Waals surface area contributed by atoms with Gasteiger partial charge in [-0.15, -0.1) is 0 Å². The second-order valence-electron chi connectivity index (χ2n) is 6.55. The number of carbonyl (C=O) groups excluding carboxylic acids is 1. The van der Waals surface area contributed by atoms with Gasteiger partial charge in [-0.3, -0.25) is 4.79 Å². The lowest BCUT2D eigenvalue weighted by atomic mass is 9.94. The summed E-state index contributed by atoms with van der Waals surface area (Å²) in [5.41, 5.74) is 2.22. The number of likely N-dealkylation sites (tertiary alicyclic amines) is 1. The first-order valence-corrected chi connectivity index (χ1v) is 8.54. The van der Waals surface area contributed by atoms with E-state index in [4.69, 9.17) is 14.6 Å². The summed E-state index contributed by atoms with van der Waals surface area (Å²) in [7, 11) is 3.21. The first-order chi connectivity index (χ1) is 12.0. The Hall–Kier alpha value is -2.44. The summed E-state index contributed by atoms with van der Waals surface area (Å²) in [6, 6.07) is 3.90. The summed E-state index contributed by atoms with van der Waals surface area (Å²) in [6.45, 7) is 1.98. The average Bonchev–Trinajstić information content (AvgIpc) is 2.65. The third-order valence-corrected chi connectivity index (χ3v) is 5.07. The number of piperidine rings is 1. The van der Waals surface area contributed by atoms with Crippen molar-refractivity contribution in [2.45, 2.75) is 25.8 Å². The number of carboxylic acid groups (broad SMARTS) is 1. The van der Waals surface area contributed by atoms with Gasteiger partial charge in [-0.2, -0.15) is 0 Å². The van der Waals surface area contributed by atoms with Crippen molar-refractivity contribution in [1.82, 2.24) is 9.80 Å². The van der Waals surface area contributed by atoms with E-state index in [1.165, 1.54) is 4.90 Å². The number of fused-ring (bicyclic) bond motifs is 1. The molecule has 1 N–H and O–H groups in total. The Bertz CT molecular complexity index is 676. The summed E-state index contributed by atoms with van der Waals surface area (Å²) < 4.78 is 10.7. The van der Waals surface area contributed by atoms with Crippen LogP contribution < -0.4 is 9.47 Å². The minimum absolute atomic E-state index is 0.0476. The summed E-state index contributed by atoms with van der Waals surface area (Å²) in [5.74, 6) is 1.16. The molecule has 3 rings (SSSR count). The lowest BCUT2D eigenvalue weighted by molar-refractivity contribution is -0.138. The SMILES string of the molecule is COc1cc2c(cc1OC)CN(C(=O)C1CCCN(C(=O)O)C1)CC2. The largest absolute Gasteiger partial charge is 0.493 e. The molecule has 7 heteroatoms. The standard InChI is InChI=1S/C18H24N2O5/c1-24-15-8-12-5-7-19(11-14(12)9-16(15)25-2)17(21)13-4-3-6-20(10-13)18(22)23/h8-9,13H,3-7,10-11H2,1-2H3,(H,22,23). The molecule has 0 aliphatic carbocycles. The maximum atomic E-state index is 12.9. The van der Waals surface area contributed by atoms with E-state index in [1.54, 1.807) is 14.2 Å². The molecule has 1 unspecified atom stereocenters. The van der Waals surface area contributed by atoms with E-state index in [-0.39, 0.29) is 11.8 Å². The number of methoxy groups -OCH3 is 2. The topological polar surface area (TPSA) is 79.3 Å². The fourth-order valence-corrected chi connectivity index (χ4v) is 3.68. The number of benzene rings is 1. The van der Waals surface area contributed by atoms with E-state index in [9.17, 15) is 9.59 Å². The van der Waals surface area contributed by atoms with Crippen LogP contribution in [0.5, 0.6) is 11.5 Å². The van der Waals surface area contributed by atoms with Crippen LogP contribution in [0.4, 0.5) is 4.79 Å². The number of hydrogen-bond acceptors (Lipinski definition) is 4. The van der Waals surface area contributed by atoms with Crippen LogP contribution in [0, 0.1) is 5.92 Å². The molecule has 1 atom stereocenters. The van der Waals surface area contributed by atoms with E-state index in [1.807, 2.05) is 17.0 Å². The molecule has 7 nitrogen and oxygen atoms in total. The predicted molar refractivity (Wildman–Crippen MR) is 91.0 cm³/mol. The molecule has 2 aliphatic rings. The van der Waals surface area contributed by atoms with Gasteiger partial charge in [-0.25, -0.2) is 4.79 Å². The van der Waals surface area contributed by atoms with E-state index in [2.05, 4.69) is 0 Å².